The molecule has 0 radical (unpaired) electrons. The van der Waals surface area contributed by atoms with E-state index in [2.05, 4.69) is 25.3 Å². The van der Waals surface area contributed by atoms with Crippen LogP contribution >= 0.6 is 15.9 Å². The normalized spacial score (nSPS) is 14.8. The zero-order chi connectivity index (χ0) is 13.1. The van der Waals surface area contributed by atoms with Crippen LogP contribution in [0.4, 0.5) is 0 Å². The number of halogens is 1. The SMILES string of the molecule is CCC(=N[S@](=O)C(C)(C)C)c1ccc(Br)nc1. The van der Waals surface area contributed by atoms with Crippen LogP contribution in [0.5, 0.6) is 0 Å². The van der Waals surface area contributed by atoms with E-state index in [4.69, 9.17) is 0 Å². The van der Waals surface area contributed by atoms with Gasteiger partial charge in [-0.1, -0.05) is 6.92 Å². The first-order valence-electron chi connectivity index (χ1n) is 5.46. The van der Waals surface area contributed by atoms with E-state index in [0.29, 0.717) is 0 Å². The lowest BCUT2D eigenvalue weighted by Gasteiger charge is -2.14. The molecule has 0 unspecified atom stereocenters. The fraction of sp³-hybridized carbons (Fsp3) is 0.500. The van der Waals surface area contributed by atoms with Crippen molar-refractivity contribution in [2.75, 3.05) is 0 Å². The maximum atomic E-state index is 12.0. The standard InChI is InChI=1S/C12H17BrN2OS/c1-5-10(15-17(16)12(2,3)4)9-6-7-11(13)14-8-9/h6-8H,5H2,1-4H3/t17-/m1/s1. The molecule has 0 aliphatic heterocycles. The van der Waals surface area contributed by atoms with Crippen molar-refractivity contribution in [3.8, 4) is 0 Å². The summed E-state index contributed by atoms with van der Waals surface area (Å²) in [6.07, 6.45) is 2.48. The minimum Gasteiger partial charge on any atom is -0.249 e. The van der Waals surface area contributed by atoms with Gasteiger partial charge >= 0.3 is 0 Å². The van der Waals surface area contributed by atoms with E-state index in [0.717, 1.165) is 22.3 Å². The second kappa shape index (κ2) is 5.87. The van der Waals surface area contributed by atoms with Gasteiger partial charge < -0.3 is 0 Å². The van der Waals surface area contributed by atoms with Crippen molar-refractivity contribution < 1.29 is 4.21 Å². The van der Waals surface area contributed by atoms with Crippen molar-refractivity contribution in [2.45, 2.75) is 38.9 Å². The molecule has 0 spiro atoms. The Morgan fingerprint density at radius 3 is 2.53 bits per heavy atom. The van der Waals surface area contributed by atoms with E-state index < -0.39 is 11.0 Å². The Morgan fingerprint density at radius 2 is 2.12 bits per heavy atom. The van der Waals surface area contributed by atoms with Crippen molar-refractivity contribution in [1.82, 2.24) is 4.98 Å². The third kappa shape index (κ3) is 4.32. The highest BCUT2D eigenvalue weighted by Crippen LogP contribution is 2.15. The summed E-state index contributed by atoms with van der Waals surface area (Å²) in [5.41, 5.74) is 1.76. The van der Waals surface area contributed by atoms with Gasteiger partial charge in [-0.05, 0) is 55.3 Å². The average Bonchev–Trinajstić information content (AvgIpc) is 2.25. The van der Waals surface area contributed by atoms with Crippen LogP contribution in [0.1, 0.15) is 39.7 Å². The third-order valence-corrected chi connectivity index (χ3v) is 4.02. The molecule has 1 heterocycles. The van der Waals surface area contributed by atoms with E-state index in [1.165, 1.54) is 0 Å². The minimum absolute atomic E-state index is 0.330. The van der Waals surface area contributed by atoms with Crippen molar-refractivity contribution in [2.24, 2.45) is 4.40 Å². The molecule has 5 heteroatoms. The lowest BCUT2D eigenvalue weighted by atomic mass is 10.1. The summed E-state index contributed by atoms with van der Waals surface area (Å²) in [4.78, 5) is 4.15. The van der Waals surface area contributed by atoms with E-state index >= 15 is 0 Å². The van der Waals surface area contributed by atoms with Gasteiger partial charge in [-0.3, -0.25) is 0 Å². The molecule has 0 aliphatic rings. The largest absolute Gasteiger partial charge is 0.249 e. The van der Waals surface area contributed by atoms with Gasteiger partial charge in [-0.25, -0.2) is 9.19 Å². The number of pyridine rings is 1. The molecular weight excluding hydrogens is 300 g/mol. The molecule has 1 aromatic rings. The van der Waals surface area contributed by atoms with Crippen molar-refractivity contribution >= 4 is 32.6 Å². The van der Waals surface area contributed by atoms with Crippen LogP contribution in [0.15, 0.2) is 27.3 Å². The molecule has 1 aromatic heterocycles. The van der Waals surface area contributed by atoms with Crippen LogP contribution in [0.3, 0.4) is 0 Å². The monoisotopic (exact) mass is 316 g/mol. The number of rotatable bonds is 3. The second-order valence-electron chi connectivity index (χ2n) is 4.62. The molecule has 0 aliphatic carbocycles. The van der Waals surface area contributed by atoms with Crippen molar-refractivity contribution in [1.29, 1.82) is 0 Å². The fourth-order valence-electron chi connectivity index (χ4n) is 1.10. The zero-order valence-electron chi connectivity index (χ0n) is 10.5. The molecule has 0 saturated carbocycles. The third-order valence-electron chi connectivity index (χ3n) is 2.11. The van der Waals surface area contributed by atoms with Crippen LogP contribution in [-0.4, -0.2) is 19.7 Å². The second-order valence-corrected chi connectivity index (χ2v) is 7.34. The molecule has 94 valence electrons. The van der Waals surface area contributed by atoms with Crippen molar-refractivity contribution in [3.05, 3.63) is 28.5 Å². The molecule has 0 bridgehead atoms. The van der Waals surface area contributed by atoms with Gasteiger partial charge in [0, 0.05) is 11.8 Å². The predicted molar refractivity (Wildman–Crippen MR) is 76.7 cm³/mol. The Hall–Kier alpha value is -0.550. The maximum absolute atomic E-state index is 12.0. The lowest BCUT2D eigenvalue weighted by molar-refractivity contribution is 0.650. The first-order chi connectivity index (χ1) is 7.84. The summed E-state index contributed by atoms with van der Waals surface area (Å²) >= 11 is 3.29. The molecular formula is C12H17BrN2OS. The molecule has 3 nitrogen and oxygen atoms in total. The number of nitrogens with zero attached hydrogens (tertiary/aromatic N) is 2. The minimum atomic E-state index is -1.22. The summed E-state index contributed by atoms with van der Waals surface area (Å²) in [7, 11) is -1.22. The Morgan fingerprint density at radius 1 is 1.47 bits per heavy atom. The quantitative estimate of drug-likeness (QED) is 0.632. The van der Waals surface area contributed by atoms with E-state index in [9.17, 15) is 4.21 Å². The maximum Gasteiger partial charge on any atom is 0.145 e. The van der Waals surface area contributed by atoms with E-state index in [-0.39, 0.29) is 4.75 Å². The summed E-state index contributed by atoms with van der Waals surface area (Å²) in [5, 5.41) is 0. The Balaban J connectivity index is 3.04. The molecule has 0 amide bonds. The number of hydrogen-bond donors (Lipinski definition) is 0. The lowest BCUT2D eigenvalue weighted by Crippen LogP contribution is -2.21. The Bertz CT molecular complexity index is 435. The molecule has 0 N–H and O–H groups in total. The molecule has 0 fully saturated rings. The number of aromatic nitrogens is 1. The van der Waals surface area contributed by atoms with Crippen LogP contribution in [-0.2, 0) is 11.0 Å². The van der Waals surface area contributed by atoms with Gasteiger partial charge in [0.1, 0.15) is 15.6 Å². The summed E-state index contributed by atoms with van der Waals surface area (Å²) < 4.78 is 16.7. The van der Waals surface area contributed by atoms with Gasteiger partial charge in [0.15, 0.2) is 0 Å². The van der Waals surface area contributed by atoms with E-state index in [1.54, 1.807) is 6.20 Å². The molecule has 0 aromatic carbocycles. The Labute approximate surface area is 113 Å². The predicted octanol–water partition coefficient (Wildman–Crippen LogP) is 3.51. The van der Waals surface area contributed by atoms with Crippen molar-refractivity contribution in [3.63, 3.8) is 0 Å². The van der Waals surface area contributed by atoms with Crippen LogP contribution in [0.2, 0.25) is 0 Å². The van der Waals surface area contributed by atoms with E-state index in [1.807, 2.05) is 39.8 Å². The van der Waals surface area contributed by atoms with Crippen LogP contribution in [0, 0.1) is 0 Å². The highest BCUT2D eigenvalue weighted by atomic mass is 79.9. The van der Waals surface area contributed by atoms with Crippen LogP contribution < -0.4 is 0 Å². The summed E-state index contributed by atoms with van der Waals surface area (Å²) in [6.45, 7) is 7.75. The van der Waals surface area contributed by atoms with Gasteiger partial charge in [0.05, 0.1) is 10.5 Å². The topological polar surface area (TPSA) is 42.3 Å². The first kappa shape index (κ1) is 14.5. The summed E-state index contributed by atoms with van der Waals surface area (Å²) in [6, 6.07) is 3.79. The summed E-state index contributed by atoms with van der Waals surface area (Å²) in [5.74, 6) is 0. The van der Waals surface area contributed by atoms with Gasteiger partial charge in [-0.2, -0.15) is 4.40 Å². The zero-order valence-corrected chi connectivity index (χ0v) is 12.9. The average molecular weight is 317 g/mol. The van der Waals surface area contributed by atoms with Crippen LogP contribution in [0.25, 0.3) is 0 Å². The molecule has 17 heavy (non-hydrogen) atoms. The van der Waals surface area contributed by atoms with Gasteiger partial charge in [0.2, 0.25) is 0 Å². The Kier molecular flexibility index (Phi) is 5.01. The molecule has 0 saturated heterocycles. The molecule has 1 atom stereocenters. The highest BCUT2D eigenvalue weighted by molar-refractivity contribution is 9.10. The molecule has 1 rings (SSSR count). The fourth-order valence-corrected chi connectivity index (χ4v) is 2.05. The number of hydrogen-bond acceptors (Lipinski definition) is 2. The smallest absolute Gasteiger partial charge is 0.145 e. The highest BCUT2D eigenvalue weighted by Gasteiger charge is 2.19. The van der Waals surface area contributed by atoms with Gasteiger partial charge in [0.25, 0.3) is 0 Å². The van der Waals surface area contributed by atoms with Gasteiger partial charge in [-0.15, -0.1) is 0 Å². The first-order valence-corrected chi connectivity index (χ1v) is 7.36.